The van der Waals surface area contributed by atoms with Crippen LogP contribution in [0.4, 0.5) is 0 Å². The maximum Gasteiger partial charge on any atom is 0.324 e. The number of hydrogen-bond acceptors (Lipinski definition) is 3. The van der Waals surface area contributed by atoms with Crippen molar-refractivity contribution >= 4 is 39.0 Å². The molecule has 1 fully saturated rings. The Balaban J connectivity index is 1.94. The van der Waals surface area contributed by atoms with Crippen LogP contribution in [0.2, 0.25) is 5.02 Å². The highest BCUT2D eigenvalue weighted by Crippen LogP contribution is 2.40. The summed E-state index contributed by atoms with van der Waals surface area (Å²) in [6.45, 7) is 3.40. The normalized spacial score (nSPS) is 23.0. The van der Waals surface area contributed by atoms with Gasteiger partial charge in [0, 0.05) is 21.5 Å². The third-order valence-corrected chi connectivity index (χ3v) is 6.24. The summed E-state index contributed by atoms with van der Waals surface area (Å²) >= 11 is 8.15. The van der Waals surface area contributed by atoms with Gasteiger partial charge in [-0.25, -0.2) is 0 Å². The Morgan fingerprint density at radius 2 is 2.24 bits per heavy atom. The van der Waals surface area contributed by atoms with Gasteiger partial charge in [0.25, 0.3) is 0 Å². The smallest absolute Gasteiger partial charge is 0.324 e. The molecule has 3 rings (SSSR count). The van der Waals surface area contributed by atoms with Gasteiger partial charge in [-0.1, -0.05) is 36.7 Å². The number of hydrogen-bond donors (Lipinski definition) is 1. The van der Waals surface area contributed by atoms with Gasteiger partial charge in [0.2, 0.25) is 0 Å². The first-order valence-electron chi connectivity index (χ1n) is 7.23. The van der Waals surface area contributed by atoms with Gasteiger partial charge in [0.1, 0.15) is 5.54 Å². The molecule has 0 saturated carbocycles. The van der Waals surface area contributed by atoms with E-state index in [0.29, 0.717) is 13.0 Å². The lowest BCUT2D eigenvalue weighted by Gasteiger charge is -2.33. The molecule has 1 unspecified atom stereocenters. The molecule has 1 aliphatic rings. The van der Waals surface area contributed by atoms with Gasteiger partial charge in [-0.2, -0.15) is 0 Å². The van der Waals surface area contributed by atoms with E-state index in [1.165, 1.54) is 0 Å². The molecule has 0 amide bonds. The molecule has 1 atom stereocenters. The standard InChI is InChI=1S/C16H18ClNO2S/c1-2-16(15(19)20)8-5-9-18(16)10-13-14(17)11-6-3-4-7-12(11)21-13/h3-4,6-7H,2,5,8-10H2,1H3,(H,19,20). The fourth-order valence-corrected chi connectivity index (χ4v) is 4.81. The Kier molecular flexibility index (Phi) is 3.95. The van der Waals surface area contributed by atoms with Crippen molar-refractivity contribution < 1.29 is 9.90 Å². The summed E-state index contributed by atoms with van der Waals surface area (Å²) in [5, 5.41) is 11.5. The van der Waals surface area contributed by atoms with Gasteiger partial charge in [-0.3, -0.25) is 9.69 Å². The quantitative estimate of drug-likeness (QED) is 0.907. The zero-order valence-electron chi connectivity index (χ0n) is 11.9. The third kappa shape index (κ3) is 2.35. The fourth-order valence-electron chi connectivity index (χ4n) is 3.30. The second-order valence-electron chi connectivity index (χ2n) is 5.55. The first-order chi connectivity index (χ1) is 10.1. The number of benzene rings is 1. The molecule has 1 saturated heterocycles. The third-order valence-electron chi connectivity index (χ3n) is 4.54. The van der Waals surface area contributed by atoms with Crippen molar-refractivity contribution in [3.05, 3.63) is 34.2 Å². The van der Waals surface area contributed by atoms with E-state index < -0.39 is 11.5 Å². The molecule has 1 N–H and O–H groups in total. The summed E-state index contributed by atoms with van der Waals surface area (Å²) < 4.78 is 1.16. The average molecular weight is 324 g/mol. The number of aliphatic carboxylic acids is 1. The molecular formula is C16H18ClNO2S. The van der Waals surface area contributed by atoms with E-state index >= 15 is 0 Å². The van der Waals surface area contributed by atoms with Gasteiger partial charge < -0.3 is 5.11 Å². The van der Waals surface area contributed by atoms with E-state index in [2.05, 4.69) is 11.0 Å². The second kappa shape index (κ2) is 5.59. The topological polar surface area (TPSA) is 40.5 Å². The lowest BCUT2D eigenvalue weighted by atomic mass is 9.93. The summed E-state index contributed by atoms with van der Waals surface area (Å²) in [7, 11) is 0. The SMILES string of the molecule is CCC1(C(=O)O)CCCN1Cc1sc2ccccc2c1Cl. The number of carboxylic acid groups (broad SMARTS) is 1. The maximum absolute atomic E-state index is 11.7. The number of rotatable bonds is 4. The van der Waals surface area contributed by atoms with Crippen LogP contribution in [0.15, 0.2) is 24.3 Å². The van der Waals surface area contributed by atoms with Crippen molar-refractivity contribution in [3.8, 4) is 0 Å². The Bertz CT molecular complexity index is 684. The lowest BCUT2D eigenvalue weighted by molar-refractivity contribution is -0.150. The summed E-state index contributed by atoms with van der Waals surface area (Å²) in [6, 6.07) is 8.06. The molecule has 3 nitrogen and oxygen atoms in total. The van der Waals surface area contributed by atoms with E-state index in [9.17, 15) is 9.90 Å². The van der Waals surface area contributed by atoms with Gasteiger partial charge >= 0.3 is 5.97 Å². The van der Waals surface area contributed by atoms with Gasteiger partial charge in [0.15, 0.2) is 0 Å². The molecule has 112 valence electrons. The molecule has 21 heavy (non-hydrogen) atoms. The number of thiophene rings is 1. The lowest BCUT2D eigenvalue weighted by Crippen LogP contribution is -2.49. The minimum absolute atomic E-state index is 0.623. The predicted octanol–water partition coefficient (Wildman–Crippen LogP) is 4.38. The molecule has 0 aliphatic carbocycles. The number of carbonyl (C=O) groups is 1. The van der Waals surface area contributed by atoms with Crippen LogP contribution in [0.5, 0.6) is 0 Å². The minimum Gasteiger partial charge on any atom is -0.480 e. The van der Waals surface area contributed by atoms with Crippen molar-refractivity contribution in [1.82, 2.24) is 4.90 Å². The first kappa shape index (κ1) is 14.8. The molecular weight excluding hydrogens is 306 g/mol. The molecule has 2 heterocycles. The summed E-state index contributed by atoms with van der Waals surface area (Å²) in [5.41, 5.74) is -0.723. The highest BCUT2D eigenvalue weighted by Gasteiger charge is 2.46. The van der Waals surface area contributed by atoms with Gasteiger partial charge in [-0.05, 0) is 31.9 Å². The zero-order valence-corrected chi connectivity index (χ0v) is 13.5. The molecule has 1 aliphatic heterocycles. The van der Waals surface area contributed by atoms with E-state index in [4.69, 9.17) is 11.6 Å². The summed E-state index contributed by atoms with van der Waals surface area (Å²) in [6.07, 6.45) is 2.29. The van der Waals surface area contributed by atoms with Crippen molar-refractivity contribution in [3.63, 3.8) is 0 Å². The molecule has 1 aromatic carbocycles. The Morgan fingerprint density at radius 1 is 1.48 bits per heavy atom. The minimum atomic E-state index is -0.723. The molecule has 5 heteroatoms. The Morgan fingerprint density at radius 3 is 2.90 bits per heavy atom. The van der Waals surface area contributed by atoms with E-state index in [1.54, 1.807) is 11.3 Å². The average Bonchev–Trinajstić information content (AvgIpc) is 3.03. The van der Waals surface area contributed by atoms with Crippen LogP contribution in [0.1, 0.15) is 31.1 Å². The van der Waals surface area contributed by atoms with Crippen molar-refractivity contribution in [1.29, 1.82) is 0 Å². The molecule has 0 radical (unpaired) electrons. The molecule has 2 aromatic rings. The van der Waals surface area contributed by atoms with Crippen LogP contribution < -0.4 is 0 Å². The van der Waals surface area contributed by atoms with Crippen LogP contribution in [-0.4, -0.2) is 28.1 Å². The Hall–Kier alpha value is -1.10. The highest BCUT2D eigenvalue weighted by molar-refractivity contribution is 7.19. The first-order valence-corrected chi connectivity index (χ1v) is 8.42. The number of halogens is 1. The highest BCUT2D eigenvalue weighted by atomic mass is 35.5. The van der Waals surface area contributed by atoms with Crippen LogP contribution in [0, 0.1) is 0 Å². The molecule has 1 aromatic heterocycles. The van der Waals surface area contributed by atoms with Crippen LogP contribution >= 0.6 is 22.9 Å². The van der Waals surface area contributed by atoms with Gasteiger partial charge in [0.05, 0.1) is 5.02 Å². The molecule has 0 bridgehead atoms. The van der Waals surface area contributed by atoms with Gasteiger partial charge in [-0.15, -0.1) is 11.3 Å². The number of carboxylic acids is 1. The Labute approximate surface area is 133 Å². The van der Waals surface area contributed by atoms with E-state index in [1.807, 2.05) is 25.1 Å². The van der Waals surface area contributed by atoms with Crippen LogP contribution in [-0.2, 0) is 11.3 Å². The van der Waals surface area contributed by atoms with Crippen LogP contribution in [0.25, 0.3) is 10.1 Å². The molecule has 0 spiro atoms. The van der Waals surface area contributed by atoms with E-state index in [0.717, 1.165) is 39.4 Å². The summed E-state index contributed by atoms with van der Waals surface area (Å²) in [4.78, 5) is 14.9. The van der Waals surface area contributed by atoms with Crippen LogP contribution in [0.3, 0.4) is 0 Å². The number of likely N-dealkylation sites (tertiary alicyclic amines) is 1. The summed E-state index contributed by atoms with van der Waals surface area (Å²) in [5.74, 6) is -0.709. The maximum atomic E-state index is 11.7. The largest absolute Gasteiger partial charge is 0.480 e. The zero-order chi connectivity index (χ0) is 15.0. The monoisotopic (exact) mass is 323 g/mol. The second-order valence-corrected chi connectivity index (χ2v) is 7.07. The van der Waals surface area contributed by atoms with Crippen molar-refractivity contribution in [2.45, 2.75) is 38.3 Å². The predicted molar refractivity (Wildman–Crippen MR) is 87.1 cm³/mol. The van der Waals surface area contributed by atoms with Crippen molar-refractivity contribution in [2.75, 3.05) is 6.54 Å². The number of fused-ring (bicyclic) bond motifs is 1. The van der Waals surface area contributed by atoms with E-state index in [-0.39, 0.29) is 0 Å². The fraction of sp³-hybridized carbons (Fsp3) is 0.438. The number of nitrogens with zero attached hydrogens (tertiary/aromatic N) is 1. The van der Waals surface area contributed by atoms with Crippen molar-refractivity contribution in [2.24, 2.45) is 0 Å².